The first kappa shape index (κ1) is 17.5. The molecule has 0 saturated carbocycles. The second kappa shape index (κ2) is 8.13. The first-order valence-electron chi connectivity index (χ1n) is 6.78. The largest absolute Gasteiger partial charge is 0.493 e. The zero-order chi connectivity index (χ0) is 16.8. The fourth-order valence-electron chi connectivity index (χ4n) is 1.94. The Bertz CT molecular complexity index is 747. The average molecular weight is 397 g/mol. The third-order valence-corrected chi connectivity index (χ3v) is 3.92. The van der Waals surface area contributed by atoms with Gasteiger partial charge in [0.25, 0.3) is 0 Å². The lowest BCUT2D eigenvalue weighted by molar-refractivity contribution is 0.100. The summed E-state index contributed by atoms with van der Waals surface area (Å²) in [6.45, 7) is 0. The molecule has 0 aromatic heterocycles. The third-order valence-electron chi connectivity index (χ3n) is 3.12. The Morgan fingerprint density at radius 2 is 1.91 bits per heavy atom. The Morgan fingerprint density at radius 3 is 2.57 bits per heavy atom. The summed E-state index contributed by atoms with van der Waals surface area (Å²) in [6.07, 6.45) is 1.72. The second-order valence-electron chi connectivity index (χ2n) is 4.60. The van der Waals surface area contributed by atoms with Crippen molar-refractivity contribution in [2.24, 2.45) is 4.99 Å². The molecule has 0 fully saturated rings. The van der Waals surface area contributed by atoms with Crippen molar-refractivity contribution in [2.75, 3.05) is 14.2 Å². The number of Topliss-reactive ketones (excluding diaryl/α,β-unsaturated/α-hetero) is 1. The number of ether oxygens (including phenoxy) is 2. The summed E-state index contributed by atoms with van der Waals surface area (Å²) in [5, 5.41) is 0.522. The highest BCUT2D eigenvalue weighted by molar-refractivity contribution is 9.10. The van der Waals surface area contributed by atoms with E-state index in [0.717, 1.165) is 4.47 Å². The minimum Gasteiger partial charge on any atom is -0.493 e. The van der Waals surface area contributed by atoms with Gasteiger partial charge in [0, 0.05) is 22.7 Å². The van der Waals surface area contributed by atoms with Gasteiger partial charge in [-0.25, -0.2) is 0 Å². The molecule has 2 rings (SSSR count). The van der Waals surface area contributed by atoms with E-state index in [1.165, 1.54) is 7.11 Å². The van der Waals surface area contributed by atoms with E-state index in [4.69, 9.17) is 21.1 Å². The maximum absolute atomic E-state index is 12.2. The molecule has 0 atom stereocenters. The molecule has 0 N–H and O–H groups in total. The molecule has 2 aromatic carbocycles. The van der Waals surface area contributed by atoms with Crippen LogP contribution in [0, 0.1) is 0 Å². The summed E-state index contributed by atoms with van der Waals surface area (Å²) >= 11 is 9.41. The van der Waals surface area contributed by atoms with Gasteiger partial charge < -0.3 is 9.47 Å². The number of benzene rings is 2. The predicted molar refractivity (Wildman–Crippen MR) is 95.8 cm³/mol. The Labute approximate surface area is 148 Å². The van der Waals surface area contributed by atoms with Crippen molar-refractivity contribution < 1.29 is 14.3 Å². The van der Waals surface area contributed by atoms with E-state index in [0.29, 0.717) is 27.8 Å². The van der Waals surface area contributed by atoms with Crippen molar-refractivity contribution >= 4 is 45.2 Å². The van der Waals surface area contributed by atoms with E-state index < -0.39 is 0 Å². The van der Waals surface area contributed by atoms with Crippen LogP contribution in [0.3, 0.4) is 0 Å². The molecular formula is C17H15BrClNO3. The quantitative estimate of drug-likeness (QED) is 0.504. The number of methoxy groups -OCH3 is 2. The normalized spacial score (nSPS) is 10.8. The monoisotopic (exact) mass is 395 g/mol. The van der Waals surface area contributed by atoms with E-state index in [-0.39, 0.29) is 12.2 Å². The molecular weight excluding hydrogens is 382 g/mol. The molecule has 23 heavy (non-hydrogen) atoms. The number of aliphatic imine (C=N–C) groups is 1. The van der Waals surface area contributed by atoms with Crippen molar-refractivity contribution in [3.63, 3.8) is 0 Å². The van der Waals surface area contributed by atoms with Crippen molar-refractivity contribution in [1.29, 1.82) is 0 Å². The first-order valence-corrected chi connectivity index (χ1v) is 7.95. The summed E-state index contributed by atoms with van der Waals surface area (Å²) < 4.78 is 11.2. The minimum absolute atomic E-state index is 0.0667. The van der Waals surface area contributed by atoms with Crippen molar-refractivity contribution in [2.45, 2.75) is 6.42 Å². The molecule has 2 aromatic rings. The van der Waals surface area contributed by atoms with Crippen LogP contribution in [0.15, 0.2) is 45.9 Å². The van der Waals surface area contributed by atoms with Crippen LogP contribution in [-0.4, -0.2) is 26.2 Å². The van der Waals surface area contributed by atoms with Crippen molar-refractivity contribution in [1.82, 2.24) is 0 Å². The highest BCUT2D eigenvalue weighted by Gasteiger charge is 2.10. The van der Waals surface area contributed by atoms with Gasteiger partial charge in [0.1, 0.15) is 0 Å². The van der Waals surface area contributed by atoms with Crippen molar-refractivity contribution in [3.8, 4) is 11.5 Å². The summed E-state index contributed by atoms with van der Waals surface area (Å²) in [4.78, 5) is 16.4. The number of ketones is 1. The van der Waals surface area contributed by atoms with Crippen LogP contribution < -0.4 is 9.47 Å². The van der Waals surface area contributed by atoms with Gasteiger partial charge in [-0.15, -0.1) is 0 Å². The topological polar surface area (TPSA) is 47.9 Å². The summed E-state index contributed by atoms with van der Waals surface area (Å²) in [5.41, 5.74) is 1.16. The van der Waals surface area contributed by atoms with E-state index in [1.54, 1.807) is 43.7 Å². The second-order valence-corrected chi connectivity index (χ2v) is 5.93. The van der Waals surface area contributed by atoms with Crippen LogP contribution in [0.25, 0.3) is 0 Å². The van der Waals surface area contributed by atoms with E-state index in [9.17, 15) is 4.79 Å². The molecule has 0 spiro atoms. The average Bonchev–Trinajstić information content (AvgIpc) is 2.56. The summed E-state index contributed by atoms with van der Waals surface area (Å²) in [7, 11) is 3.08. The number of carbonyl (C=O) groups excluding carboxylic acids is 1. The molecule has 120 valence electrons. The first-order chi connectivity index (χ1) is 11.0. The zero-order valence-corrected chi connectivity index (χ0v) is 15.0. The molecule has 0 bridgehead atoms. The van der Waals surface area contributed by atoms with Crippen LogP contribution in [0.1, 0.15) is 16.8 Å². The van der Waals surface area contributed by atoms with E-state index in [2.05, 4.69) is 20.9 Å². The third kappa shape index (κ3) is 4.56. The Balaban J connectivity index is 2.08. The SMILES string of the molecule is COc1ccc(C(=O)CC=Nc2ccc(Br)cc2Cl)cc1OC. The molecule has 0 saturated heterocycles. The van der Waals surface area contributed by atoms with Gasteiger partial charge in [0.05, 0.1) is 24.9 Å². The number of rotatable bonds is 6. The molecule has 0 unspecified atom stereocenters. The molecule has 0 aliphatic heterocycles. The van der Waals surface area contributed by atoms with Gasteiger partial charge in [0.15, 0.2) is 17.3 Å². The lowest BCUT2D eigenvalue weighted by Gasteiger charge is -2.08. The zero-order valence-electron chi connectivity index (χ0n) is 12.7. The minimum atomic E-state index is -0.0667. The van der Waals surface area contributed by atoms with Crippen LogP contribution in [0.4, 0.5) is 5.69 Å². The van der Waals surface area contributed by atoms with Crippen LogP contribution in [0.5, 0.6) is 11.5 Å². The molecule has 4 nitrogen and oxygen atoms in total. The summed E-state index contributed by atoms with van der Waals surface area (Å²) in [6, 6.07) is 10.4. The van der Waals surface area contributed by atoms with Gasteiger partial charge in [0.2, 0.25) is 0 Å². The molecule has 0 radical (unpaired) electrons. The summed E-state index contributed by atoms with van der Waals surface area (Å²) in [5.74, 6) is 1.04. The number of hydrogen-bond donors (Lipinski definition) is 0. The Hall–Kier alpha value is -1.85. The van der Waals surface area contributed by atoms with Crippen LogP contribution >= 0.6 is 27.5 Å². The maximum Gasteiger partial charge on any atom is 0.168 e. The Kier molecular flexibility index (Phi) is 6.19. The fourth-order valence-corrected chi connectivity index (χ4v) is 2.66. The molecule has 0 aliphatic carbocycles. The van der Waals surface area contributed by atoms with Gasteiger partial charge >= 0.3 is 0 Å². The Morgan fingerprint density at radius 1 is 1.17 bits per heavy atom. The molecule has 0 aliphatic rings. The lowest BCUT2D eigenvalue weighted by atomic mass is 10.1. The standard InChI is InChI=1S/C17H15BrClNO3/c1-22-16-6-3-11(9-17(16)23-2)15(21)7-8-20-14-5-4-12(18)10-13(14)19/h3-6,8-10H,7H2,1-2H3. The van der Waals surface area contributed by atoms with E-state index >= 15 is 0 Å². The number of hydrogen-bond acceptors (Lipinski definition) is 4. The van der Waals surface area contributed by atoms with Gasteiger partial charge in [-0.05, 0) is 36.4 Å². The number of nitrogens with zero attached hydrogens (tertiary/aromatic N) is 1. The predicted octanol–water partition coefficient (Wildman–Crippen LogP) is 5.10. The highest BCUT2D eigenvalue weighted by Crippen LogP contribution is 2.29. The smallest absolute Gasteiger partial charge is 0.168 e. The maximum atomic E-state index is 12.2. The van der Waals surface area contributed by atoms with Gasteiger partial charge in [-0.3, -0.25) is 9.79 Å². The highest BCUT2D eigenvalue weighted by atomic mass is 79.9. The lowest BCUT2D eigenvalue weighted by Crippen LogP contribution is -2.01. The van der Waals surface area contributed by atoms with Crippen molar-refractivity contribution in [3.05, 3.63) is 51.5 Å². The van der Waals surface area contributed by atoms with Crippen LogP contribution in [0.2, 0.25) is 5.02 Å². The van der Waals surface area contributed by atoms with E-state index in [1.807, 2.05) is 6.07 Å². The molecule has 0 amide bonds. The molecule has 0 heterocycles. The van der Waals surface area contributed by atoms with Gasteiger partial charge in [-0.1, -0.05) is 27.5 Å². The van der Waals surface area contributed by atoms with Crippen LogP contribution in [-0.2, 0) is 0 Å². The number of halogens is 2. The van der Waals surface area contributed by atoms with Gasteiger partial charge in [-0.2, -0.15) is 0 Å². The molecule has 6 heteroatoms. The number of carbonyl (C=O) groups is 1. The fraction of sp³-hybridized carbons (Fsp3) is 0.176.